The van der Waals surface area contributed by atoms with Crippen molar-refractivity contribution < 1.29 is 9.21 Å². The molecule has 1 saturated carbocycles. The molecular formula is C25H21N5O3S. The summed E-state index contributed by atoms with van der Waals surface area (Å²) in [4.78, 5) is 26.9. The van der Waals surface area contributed by atoms with Gasteiger partial charge in [0.25, 0.3) is 0 Å². The van der Waals surface area contributed by atoms with Crippen molar-refractivity contribution in [3.63, 3.8) is 0 Å². The van der Waals surface area contributed by atoms with Gasteiger partial charge in [0.05, 0.1) is 0 Å². The van der Waals surface area contributed by atoms with E-state index >= 15 is 0 Å². The molecule has 8 nitrogen and oxygen atoms in total. The van der Waals surface area contributed by atoms with Crippen molar-refractivity contribution in [1.29, 1.82) is 0 Å². The summed E-state index contributed by atoms with van der Waals surface area (Å²) in [6.45, 7) is 1.44. The van der Waals surface area contributed by atoms with Gasteiger partial charge in [-0.1, -0.05) is 30.0 Å². The van der Waals surface area contributed by atoms with Gasteiger partial charge < -0.3 is 14.7 Å². The van der Waals surface area contributed by atoms with E-state index in [-0.39, 0.29) is 5.91 Å². The predicted octanol–water partition coefficient (Wildman–Crippen LogP) is 5.12. The van der Waals surface area contributed by atoms with Gasteiger partial charge in [0.2, 0.25) is 5.91 Å². The normalized spacial score (nSPS) is 13.6. The van der Waals surface area contributed by atoms with Crippen LogP contribution in [-0.2, 0) is 10.5 Å². The molecule has 0 spiro atoms. The maximum atomic E-state index is 12.2. The maximum Gasteiger partial charge on any atom is 0.336 e. The van der Waals surface area contributed by atoms with Gasteiger partial charge >= 0.3 is 5.63 Å². The van der Waals surface area contributed by atoms with Gasteiger partial charge in [0.1, 0.15) is 5.58 Å². The number of aromatic amines is 1. The van der Waals surface area contributed by atoms with Crippen LogP contribution in [0.3, 0.4) is 0 Å². The highest BCUT2D eigenvalue weighted by atomic mass is 32.2. The van der Waals surface area contributed by atoms with Gasteiger partial charge in [0, 0.05) is 64.6 Å². The van der Waals surface area contributed by atoms with Crippen LogP contribution in [0.2, 0.25) is 0 Å². The Kier molecular flexibility index (Phi) is 4.99. The number of anilines is 1. The minimum absolute atomic E-state index is 0.182. The van der Waals surface area contributed by atoms with Crippen molar-refractivity contribution in [3.05, 3.63) is 70.7 Å². The third-order valence-electron chi connectivity index (χ3n) is 5.91. The van der Waals surface area contributed by atoms with Gasteiger partial charge in [-0.3, -0.25) is 9.36 Å². The number of thioether (sulfide) groups is 1. The summed E-state index contributed by atoms with van der Waals surface area (Å²) in [5.41, 5.74) is 3.56. The van der Waals surface area contributed by atoms with E-state index in [2.05, 4.69) is 37.2 Å². The molecule has 0 saturated heterocycles. The zero-order chi connectivity index (χ0) is 23.2. The number of hydrogen-bond donors (Lipinski definition) is 2. The van der Waals surface area contributed by atoms with Gasteiger partial charge in [0.15, 0.2) is 11.0 Å². The molecular weight excluding hydrogens is 450 g/mol. The molecule has 3 heterocycles. The molecule has 170 valence electrons. The van der Waals surface area contributed by atoms with E-state index in [0.29, 0.717) is 23.1 Å². The summed E-state index contributed by atoms with van der Waals surface area (Å²) in [5.74, 6) is 1.22. The third kappa shape index (κ3) is 3.77. The van der Waals surface area contributed by atoms with E-state index in [1.165, 1.54) is 13.0 Å². The first kappa shape index (κ1) is 20.7. The zero-order valence-electron chi connectivity index (χ0n) is 18.4. The first-order chi connectivity index (χ1) is 16.6. The summed E-state index contributed by atoms with van der Waals surface area (Å²) in [6, 6.07) is 15.4. The fraction of sp³-hybridized carbons (Fsp3) is 0.200. The van der Waals surface area contributed by atoms with Crippen LogP contribution in [0.4, 0.5) is 5.69 Å². The molecule has 9 heteroatoms. The van der Waals surface area contributed by atoms with E-state index in [1.807, 2.05) is 24.4 Å². The number of nitrogens with one attached hydrogen (secondary N) is 2. The minimum atomic E-state index is -0.425. The van der Waals surface area contributed by atoms with Crippen molar-refractivity contribution in [1.82, 2.24) is 19.7 Å². The summed E-state index contributed by atoms with van der Waals surface area (Å²) >= 11 is 1.56. The molecule has 6 rings (SSSR count). The fourth-order valence-electron chi connectivity index (χ4n) is 4.25. The lowest BCUT2D eigenvalue weighted by molar-refractivity contribution is -0.114. The van der Waals surface area contributed by atoms with Crippen LogP contribution >= 0.6 is 11.8 Å². The van der Waals surface area contributed by atoms with E-state index in [0.717, 1.165) is 51.2 Å². The lowest BCUT2D eigenvalue weighted by atomic mass is 10.1. The monoisotopic (exact) mass is 471 g/mol. The molecule has 3 aromatic heterocycles. The summed E-state index contributed by atoms with van der Waals surface area (Å²) in [5, 5.41) is 14.6. The third-order valence-corrected chi connectivity index (χ3v) is 6.91. The Morgan fingerprint density at radius 1 is 1.18 bits per heavy atom. The molecule has 0 radical (unpaired) electrons. The second kappa shape index (κ2) is 8.18. The van der Waals surface area contributed by atoms with Crippen molar-refractivity contribution in [3.8, 4) is 11.4 Å². The Morgan fingerprint density at radius 2 is 2.03 bits per heavy atom. The number of aromatic nitrogens is 4. The van der Waals surface area contributed by atoms with Crippen LogP contribution in [0, 0.1) is 0 Å². The molecule has 34 heavy (non-hydrogen) atoms. The van der Waals surface area contributed by atoms with Gasteiger partial charge in [-0.05, 0) is 36.6 Å². The molecule has 1 aliphatic carbocycles. The molecule has 2 aromatic carbocycles. The van der Waals surface area contributed by atoms with Gasteiger partial charge in [-0.15, -0.1) is 10.2 Å². The van der Waals surface area contributed by atoms with Crippen LogP contribution in [0.25, 0.3) is 33.3 Å². The Balaban J connectivity index is 1.34. The number of benzene rings is 2. The number of rotatable bonds is 6. The highest BCUT2D eigenvalue weighted by Crippen LogP contribution is 2.42. The Labute approximate surface area is 198 Å². The second-order valence-corrected chi connectivity index (χ2v) is 9.37. The molecule has 0 unspecified atom stereocenters. The number of fused-ring (bicyclic) bond motifs is 2. The molecule has 2 N–H and O–H groups in total. The molecule has 0 atom stereocenters. The Morgan fingerprint density at radius 3 is 2.85 bits per heavy atom. The molecule has 5 aromatic rings. The minimum Gasteiger partial charge on any atom is -0.423 e. The van der Waals surface area contributed by atoms with E-state index in [1.54, 1.807) is 23.9 Å². The predicted molar refractivity (Wildman–Crippen MR) is 132 cm³/mol. The number of nitrogens with zero attached hydrogens (tertiary/aromatic N) is 3. The number of para-hydroxylation sites is 1. The summed E-state index contributed by atoms with van der Waals surface area (Å²) in [6.07, 6.45) is 4.19. The largest absolute Gasteiger partial charge is 0.423 e. The average Bonchev–Trinajstić information content (AvgIpc) is 3.42. The molecule has 0 aliphatic heterocycles. The number of carbonyl (C=O) groups is 1. The van der Waals surface area contributed by atoms with Gasteiger partial charge in [-0.25, -0.2) is 4.79 Å². The SMILES string of the molecule is CC(=O)Nc1ccc2c(CSc3nnc(-c4c[nH]c5ccccc45)n3C3CC3)cc(=O)oc2c1. The van der Waals surface area contributed by atoms with Crippen LogP contribution in [0.1, 0.15) is 31.4 Å². The smallest absolute Gasteiger partial charge is 0.336 e. The number of H-pyrrole nitrogens is 1. The maximum absolute atomic E-state index is 12.2. The van der Waals surface area contributed by atoms with E-state index in [4.69, 9.17) is 4.42 Å². The first-order valence-corrected chi connectivity index (χ1v) is 12.0. The number of carbonyl (C=O) groups excluding carboxylic acids is 1. The summed E-state index contributed by atoms with van der Waals surface area (Å²) in [7, 11) is 0. The molecule has 1 fully saturated rings. The van der Waals surface area contributed by atoms with E-state index < -0.39 is 5.63 Å². The average molecular weight is 472 g/mol. The first-order valence-electron chi connectivity index (χ1n) is 11.1. The van der Waals surface area contributed by atoms with Crippen molar-refractivity contribution >= 4 is 45.2 Å². The Bertz CT molecular complexity index is 1610. The highest BCUT2D eigenvalue weighted by Gasteiger charge is 2.31. The number of amides is 1. The van der Waals surface area contributed by atoms with Crippen LogP contribution < -0.4 is 10.9 Å². The fourth-order valence-corrected chi connectivity index (χ4v) is 5.25. The quantitative estimate of drug-likeness (QED) is 0.263. The Hall–Kier alpha value is -3.85. The lowest BCUT2D eigenvalue weighted by Crippen LogP contribution is -2.06. The second-order valence-electron chi connectivity index (χ2n) is 8.43. The van der Waals surface area contributed by atoms with Crippen LogP contribution in [0.15, 0.2) is 69.1 Å². The number of hydrogen-bond acceptors (Lipinski definition) is 6. The zero-order valence-corrected chi connectivity index (χ0v) is 19.2. The van der Waals surface area contributed by atoms with Crippen molar-refractivity contribution in [2.45, 2.75) is 36.7 Å². The summed E-state index contributed by atoms with van der Waals surface area (Å²) < 4.78 is 7.61. The van der Waals surface area contributed by atoms with Crippen molar-refractivity contribution in [2.24, 2.45) is 0 Å². The lowest BCUT2D eigenvalue weighted by Gasteiger charge is -2.10. The van der Waals surface area contributed by atoms with Gasteiger partial charge in [-0.2, -0.15) is 0 Å². The van der Waals surface area contributed by atoms with Crippen molar-refractivity contribution in [2.75, 3.05) is 5.32 Å². The van der Waals surface area contributed by atoms with E-state index in [9.17, 15) is 9.59 Å². The molecule has 1 aliphatic rings. The van der Waals surface area contributed by atoms with Crippen LogP contribution in [-0.4, -0.2) is 25.7 Å². The standard InChI is InChI=1S/C25H21N5O3S/c1-14(31)27-16-6-9-18-15(10-23(32)33-22(18)11-16)13-34-25-29-28-24(30(25)17-7-8-17)20-12-26-21-5-3-2-4-19(20)21/h2-6,9-12,17,26H,7-8,13H2,1H3,(H,27,31). The van der Waals surface area contributed by atoms with Crippen LogP contribution in [0.5, 0.6) is 0 Å². The molecule has 0 bridgehead atoms. The molecule has 1 amide bonds. The highest BCUT2D eigenvalue weighted by molar-refractivity contribution is 7.98. The topological polar surface area (TPSA) is 106 Å².